The number of amides is 2. The van der Waals surface area contributed by atoms with E-state index in [0.29, 0.717) is 33.4 Å². The van der Waals surface area contributed by atoms with Gasteiger partial charge in [-0.25, -0.2) is 9.78 Å². The molecule has 7 heteroatoms. The molecular formula is C34H30N2O5. The molecule has 206 valence electrons. The second kappa shape index (κ2) is 10.7. The van der Waals surface area contributed by atoms with Gasteiger partial charge in [-0.15, -0.1) is 0 Å². The molecule has 0 unspecified atom stereocenters. The molecule has 2 amide bonds. The second-order valence-corrected chi connectivity index (χ2v) is 11.0. The van der Waals surface area contributed by atoms with Gasteiger partial charge >= 0.3 is 5.97 Å². The molecule has 1 aromatic heterocycles. The van der Waals surface area contributed by atoms with E-state index in [9.17, 15) is 19.2 Å². The Labute approximate surface area is 238 Å². The van der Waals surface area contributed by atoms with E-state index >= 15 is 0 Å². The van der Waals surface area contributed by atoms with Crippen LogP contribution in [0.4, 0.5) is 5.69 Å². The molecule has 0 radical (unpaired) electrons. The maximum Gasteiger partial charge on any atom is 0.339 e. The highest BCUT2D eigenvalue weighted by Crippen LogP contribution is 2.40. The minimum Gasteiger partial charge on any atom is -0.454 e. The number of aromatic nitrogens is 1. The molecule has 1 saturated carbocycles. The number of carbonyl (C=O) groups excluding carboxylic acids is 4. The van der Waals surface area contributed by atoms with Crippen molar-refractivity contribution in [3.05, 3.63) is 95.1 Å². The van der Waals surface area contributed by atoms with Crippen molar-refractivity contribution in [3.8, 4) is 11.3 Å². The van der Waals surface area contributed by atoms with Gasteiger partial charge < -0.3 is 4.74 Å². The fourth-order valence-electron chi connectivity index (χ4n) is 5.89. The van der Waals surface area contributed by atoms with Gasteiger partial charge in [-0.05, 0) is 57.0 Å². The highest BCUT2D eigenvalue weighted by molar-refractivity contribution is 6.22. The first kappa shape index (κ1) is 26.6. The van der Waals surface area contributed by atoms with E-state index in [-0.39, 0.29) is 36.0 Å². The number of ketones is 1. The molecule has 4 aromatic rings. The van der Waals surface area contributed by atoms with E-state index in [1.807, 2.05) is 44.2 Å². The van der Waals surface area contributed by atoms with Gasteiger partial charge in [0.2, 0.25) is 11.8 Å². The summed E-state index contributed by atoms with van der Waals surface area (Å²) in [7, 11) is 0. The van der Waals surface area contributed by atoms with Crippen LogP contribution in [0.5, 0.6) is 0 Å². The summed E-state index contributed by atoms with van der Waals surface area (Å²) >= 11 is 0. The largest absolute Gasteiger partial charge is 0.454 e. The van der Waals surface area contributed by atoms with Crippen LogP contribution in [0.2, 0.25) is 0 Å². The van der Waals surface area contributed by atoms with Gasteiger partial charge in [0.1, 0.15) is 0 Å². The first-order chi connectivity index (χ1) is 19.8. The Morgan fingerprint density at radius 3 is 2.12 bits per heavy atom. The lowest BCUT2D eigenvalue weighted by molar-refractivity contribution is -0.122. The van der Waals surface area contributed by atoms with Crippen LogP contribution in [0.25, 0.3) is 22.2 Å². The van der Waals surface area contributed by atoms with Gasteiger partial charge in [0.15, 0.2) is 12.4 Å². The van der Waals surface area contributed by atoms with Crippen molar-refractivity contribution in [2.75, 3.05) is 11.5 Å². The van der Waals surface area contributed by atoms with Crippen molar-refractivity contribution in [2.45, 2.75) is 39.5 Å². The molecule has 3 aromatic carbocycles. The summed E-state index contributed by atoms with van der Waals surface area (Å²) in [6, 6.07) is 21.5. The van der Waals surface area contributed by atoms with Gasteiger partial charge in [0.05, 0.1) is 34.3 Å². The van der Waals surface area contributed by atoms with Crippen LogP contribution >= 0.6 is 0 Å². The third-order valence-electron chi connectivity index (χ3n) is 8.15. The standard InChI is InChI=1S/C34H30N2O5/c1-20-7-10-23(11-8-20)31(37)19-41-34(40)28-18-30(35-29-16-9-21(2)17-27(28)29)22-12-14-24(15-13-22)36-32(38)25-5-3-4-6-26(25)33(36)39/h7-18,25-26H,3-6,19H2,1-2H3/t25-,26+. The number of carbonyl (C=O) groups is 4. The summed E-state index contributed by atoms with van der Waals surface area (Å²) in [4.78, 5) is 58.1. The lowest BCUT2D eigenvalue weighted by Gasteiger charge is -2.19. The average Bonchev–Trinajstić information content (AvgIpc) is 3.25. The topological polar surface area (TPSA) is 93.6 Å². The SMILES string of the molecule is Cc1ccc(C(=O)COC(=O)c2cc(-c3ccc(N4C(=O)[C@H]5CCCC[C@H]5C4=O)cc3)nc3ccc(C)cc23)cc1. The molecule has 1 saturated heterocycles. The first-order valence-corrected chi connectivity index (χ1v) is 14.0. The molecule has 2 fully saturated rings. The van der Waals surface area contributed by atoms with Crippen molar-refractivity contribution in [2.24, 2.45) is 11.8 Å². The Hall–Kier alpha value is -4.65. The molecular weight excluding hydrogens is 516 g/mol. The third-order valence-corrected chi connectivity index (χ3v) is 8.15. The molecule has 6 rings (SSSR count). The Balaban J connectivity index is 1.28. The fraction of sp³-hybridized carbons (Fsp3) is 0.265. The maximum absolute atomic E-state index is 13.3. The molecule has 2 atom stereocenters. The average molecular weight is 547 g/mol. The Bertz CT molecular complexity index is 1670. The molecule has 2 heterocycles. The van der Waals surface area contributed by atoms with Crippen LogP contribution in [0.1, 0.15) is 57.5 Å². The van der Waals surface area contributed by atoms with Crippen LogP contribution < -0.4 is 4.90 Å². The zero-order valence-corrected chi connectivity index (χ0v) is 23.1. The molecule has 2 aliphatic rings. The molecule has 0 N–H and O–H groups in total. The number of hydrogen-bond donors (Lipinski definition) is 0. The zero-order chi connectivity index (χ0) is 28.7. The molecule has 1 aliphatic carbocycles. The quantitative estimate of drug-likeness (QED) is 0.162. The number of anilines is 1. The van der Waals surface area contributed by atoms with Crippen molar-refractivity contribution in [1.82, 2.24) is 4.98 Å². The number of rotatable bonds is 6. The number of imide groups is 1. The van der Waals surface area contributed by atoms with E-state index in [1.165, 1.54) is 4.90 Å². The van der Waals surface area contributed by atoms with Crippen molar-refractivity contribution >= 4 is 40.2 Å². The predicted molar refractivity (Wildman–Crippen MR) is 156 cm³/mol. The summed E-state index contributed by atoms with van der Waals surface area (Å²) < 4.78 is 5.47. The van der Waals surface area contributed by atoms with Gasteiger partial charge in [0.25, 0.3) is 0 Å². The van der Waals surface area contributed by atoms with Gasteiger partial charge in [-0.3, -0.25) is 19.3 Å². The minimum absolute atomic E-state index is 0.114. The minimum atomic E-state index is -0.614. The van der Waals surface area contributed by atoms with Crippen molar-refractivity contribution in [1.29, 1.82) is 0 Å². The van der Waals surface area contributed by atoms with Crippen molar-refractivity contribution < 1.29 is 23.9 Å². The van der Waals surface area contributed by atoms with E-state index in [1.54, 1.807) is 42.5 Å². The van der Waals surface area contributed by atoms with Gasteiger partial charge in [0, 0.05) is 16.5 Å². The highest BCUT2D eigenvalue weighted by atomic mass is 16.5. The molecule has 0 spiro atoms. The van der Waals surface area contributed by atoms with Crippen LogP contribution in [-0.4, -0.2) is 35.2 Å². The Kier molecular flexibility index (Phi) is 6.95. The van der Waals surface area contributed by atoms with Gasteiger partial charge in [-0.2, -0.15) is 0 Å². The summed E-state index contributed by atoms with van der Waals surface area (Å²) in [5.74, 6) is -1.55. The number of ether oxygens (including phenoxy) is 1. The second-order valence-electron chi connectivity index (χ2n) is 11.0. The number of esters is 1. The number of nitrogens with zero attached hydrogens (tertiary/aromatic N) is 2. The summed E-state index contributed by atoms with van der Waals surface area (Å²) in [5, 5.41) is 0.633. The van der Waals surface area contributed by atoms with E-state index in [4.69, 9.17) is 9.72 Å². The Morgan fingerprint density at radius 2 is 1.46 bits per heavy atom. The monoisotopic (exact) mass is 546 g/mol. The Morgan fingerprint density at radius 1 is 0.829 bits per heavy atom. The summed E-state index contributed by atoms with van der Waals surface area (Å²) in [5.41, 5.74) is 5.20. The number of benzene rings is 3. The number of fused-ring (bicyclic) bond motifs is 2. The van der Waals surface area contributed by atoms with Crippen LogP contribution in [0.3, 0.4) is 0 Å². The summed E-state index contributed by atoms with van der Waals surface area (Å²) in [6.07, 6.45) is 3.48. The van der Waals surface area contributed by atoms with Crippen molar-refractivity contribution in [3.63, 3.8) is 0 Å². The number of Topliss-reactive ketones (excluding diaryl/α,β-unsaturated/α-hetero) is 1. The smallest absolute Gasteiger partial charge is 0.339 e. The lowest BCUT2D eigenvalue weighted by Crippen LogP contribution is -2.30. The molecule has 7 nitrogen and oxygen atoms in total. The summed E-state index contributed by atoms with van der Waals surface area (Å²) in [6.45, 7) is 3.49. The molecule has 0 bridgehead atoms. The van der Waals surface area contributed by atoms with Crippen LogP contribution in [0, 0.1) is 25.7 Å². The first-order valence-electron chi connectivity index (χ1n) is 14.0. The van der Waals surface area contributed by atoms with Crippen LogP contribution in [0.15, 0.2) is 72.8 Å². The van der Waals surface area contributed by atoms with E-state index in [2.05, 4.69) is 0 Å². The number of hydrogen-bond acceptors (Lipinski definition) is 6. The number of pyridine rings is 1. The molecule has 1 aliphatic heterocycles. The highest BCUT2D eigenvalue weighted by Gasteiger charge is 2.48. The normalized spacial score (nSPS) is 18.4. The maximum atomic E-state index is 13.3. The van der Waals surface area contributed by atoms with Gasteiger partial charge in [-0.1, -0.05) is 66.4 Å². The fourth-order valence-corrected chi connectivity index (χ4v) is 5.89. The van der Waals surface area contributed by atoms with E-state index < -0.39 is 5.97 Å². The molecule has 41 heavy (non-hydrogen) atoms. The van der Waals surface area contributed by atoms with Crippen LogP contribution in [-0.2, 0) is 14.3 Å². The predicted octanol–water partition coefficient (Wildman–Crippen LogP) is 6.24. The zero-order valence-electron chi connectivity index (χ0n) is 23.1. The third kappa shape index (κ3) is 5.04. The van der Waals surface area contributed by atoms with E-state index in [0.717, 1.165) is 42.4 Å². The number of aryl methyl sites for hydroxylation is 2. The lowest BCUT2D eigenvalue weighted by atomic mass is 9.81.